The van der Waals surface area contributed by atoms with Crippen LogP contribution in [0.5, 0.6) is 0 Å². The molecule has 0 fully saturated rings. The van der Waals surface area contributed by atoms with Crippen LogP contribution in [0.4, 0.5) is 0 Å². The molecule has 2 nitrogen and oxygen atoms in total. The van der Waals surface area contributed by atoms with Crippen molar-refractivity contribution in [3.8, 4) is 6.07 Å². The predicted molar refractivity (Wildman–Crippen MR) is 57.0 cm³/mol. The molecule has 0 aliphatic heterocycles. The zero-order chi connectivity index (χ0) is 10.4. The minimum atomic E-state index is -0.269. The van der Waals surface area contributed by atoms with E-state index in [0.29, 0.717) is 6.42 Å². The van der Waals surface area contributed by atoms with Gasteiger partial charge in [-0.2, -0.15) is 5.26 Å². The summed E-state index contributed by atoms with van der Waals surface area (Å²) in [4.78, 5) is 11.9. The second kappa shape index (κ2) is 5.46. The summed E-state index contributed by atoms with van der Waals surface area (Å²) in [6, 6.07) is 11.8. The fourth-order valence-corrected chi connectivity index (χ4v) is 2.05. The van der Waals surface area contributed by atoms with E-state index in [9.17, 15) is 4.79 Å². The lowest BCUT2D eigenvalue weighted by atomic mass is 10.2. The maximum atomic E-state index is 10.8. The molecule has 1 unspecified atom stereocenters. The molecule has 0 N–H and O–H groups in total. The van der Waals surface area contributed by atoms with Gasteiger partial charge in [-0.3, -0.25) is 4.79 Å². The molecule has 1 aromatic carbocycles. The van der Waals surface area contributed by atoms with E-state index in [-0.39, 0.29) is 11.0 Å². The molecule has 1 atom stereocenters. The Bertz CT molecular complexity index is 342. The third kappa shape index (κ3) is 3.63. The van der Waals surface area contributed by atoms with Crippen LogP contribution in [0.1, 0.15) is 13.3 Å². The van der Waals surface area contributed by atoms with E-state index in [1.807, 2.05) is 30.3 Å². The molecule has 0 saturated heterocycles. The molecular weight excluding hydrogens is 194 g/mol. The van der Waals surface area contributed by atoms with Gasteiger partial charge in [0.15, 0.2) is 0 Å². The van der Waals surface area contributed by atoms with E-state index in [2.05, 4.69) is 6.07 Å². The maximum Gasteiger partial charge on any atom is 0.132 e. The highest BCUT2D eigenvalue weighted by molar-refractivity contribution is 8.00. The van der Waals surface area contributed by atoms with E-state index in [0.717, 1.165) is 4.90 Å². The lowest BCUT2D eigenvalue weighted by Crippen LogP contribution is -2.04. The number of nitriles is 1. The average molecular weight is 205 g/mol. The molecule has 0 aliphatic rings. The number of rotatable bonds is 4. The van der Waals surface area contributed by atoms with Crippen molar-refractivity contribution in [1.29, 1.82) is 5.26 Å². The number of carbonyl (C=O) groups is 1. The highest BCUT2D eigenvalue weighted by atomic mass is 32.2. The van der Waals surface area contributed by atoms with Gasteiger partial charge in [0.1, 0.15) is 11.0 Å². The van der Waals surface area contributed by atoms with Gasteiger partial charge in [-0.05, 0) is 19.1 Å². The van der Waals surface area contributed by atoms with Gasteiger partial charge in [-0.25, -0.2) is 0 Å². The molecule has 0 spiro atoms. The topological polar surface area (TPSA) is 40.9 Å². The van der Waals surface area contributed by atoms with E-state index >= 15 is 0 Å². The normalized spacial score (nSPS) is 11.7. The number of ketones is 1. The third-order valence-corrected chi connectivity index (χ3v) is 2.74. The maximum absolute atomic E-state index is 10.8. The monoisotopic (exact) mass is 205 g/mol. The number of carbonyl (C=O) groups excluding carboxylic acids is 1. The number of thioether (sulfide) groups is 1. The lowest BCUT2D eigenvalue weighted by Gasteiger charge is -2.05. The second-order valence-corrected chi connectivity index (χ2v) is 4.23. The standard InChI is InChI=1S/C11H11NOS/c1-9(13)7-11(8-12)14-10-5-3-2-4-6-10/h2-6,11H,7H2,1H3. The molecule has 0 saturated carbocycles. The lowest BCUT2D eigenvalue weighted by molar-refractivity contribution is -0.116. The van der Waals surface area contributed by atoms with Gasteiger partial charge >= 0.3 is 0 Å². The summed E-state index contributed by atoms with van der Waals surface area (Å²) in [5.41, 5.74) is 0. The number of Topliss-reactive ketones (excluding diaryl/α,β-unsaturated/α-hetero) is 1. The number of hydrogen-bond donors (Lipinski definition) is 0. The van der Waals surface area contributed by atoms with Crippen LogP contribution in [0, 0.1) is 11.3 Å². The number of hydrogen-bond acceptors (Lipinski definition) is 3. The van der Waals surface area contributed by atoms with Crippen molar-refractivity contribution in [1.82, 2.24) is 0 Å². The molecule has 1 aromatic rings. The van der Waals surface area contributed by atoms with Gasteiger partial charge in [0.05, 0.1) is 6.07 Å². The van der Waals surface area contributed by atoms with Crippen LogP contribution in [0.3, 0.4) is 0 Å². The molecule has 0 aliphatic carbocycles. The third-order valence-electron chi connectivity index (χ3n) is 1.64. The van der Waals surface area contributed by atoms with Crippen LogP contribution in [0.2, 0.25) is 0 Å². The average Bonchev–Trinajstić information content (AvgIpc) is 2.17. The predicted octanol–water partition coefficient (Wildman–Crippen LogP) is 2.65. The molecule has 0 amide bonds. The first kappa shape index (κ1) is 10.8. The number of nitrogens with zero attached hydrogens (tertiary/aromatic N) is 1. The van der Waals surface area contributed by atoms with Gasteiger partial charge in [0.25, 0.3) is 0 Å². The van der Waals surface area contributed by atoms with Crippen LogP contribution in [-0.4, -0.2) is 11.0 Å². The van der Waals surface area contributed by atoms with Crippen LogP contribution in [0.15, 0.2) is 35.2 Å². The zero-order valence-electron chi connectivity index (χ0n) is 7.93. The molecule has 3 heteroatoms. The molecular formula is C11H11NOS. The van der Waals surface area contributed by atoms with Crippen LogP contribution in [0.25, 0.3) is 0 Å². The number of benzene rings is 1. The van der Waals surface area contributed by atoms with Crippen molar-refractivity contribution in [2.75, 3.05) is 0 Å². The molecule has 14 heavy (non-hydrogen) atoms. The molecule has 0 heterocycles. The molecule has 0 bridgehead atoms. The summed E-state index contributed by atoms with van der Waals surface area (Å²) in [6.45, 7) is 1.51. The molecule has 0 aromatic heterocycles. The summed E-state index contributed by atoms with van der Waals surface area (Å²) < 4.78 is 0. The smallest absolute Gasteiger partial charge is 0.132 e. The highest BCUT2D eigenvalue weighted by Gasteiger charge is 2.11. The summed E-state index contributed by atoms with van der Waals surface area (Å²) in [5, 5.41) is 8.54. The van der Waals surface area contributed by atoms with Crippen molar-refractivity contribution in [3.05, 3.63) is 30.3 Å². The summed E-state index contributed by atoms with van der Waals surface area (Å²) in [5.74, 6) is 0.0555. The van der Waals surface area contributed by atoms with Crippen LogP contribution >= 0.6 is 11.8 Å². The largest absolute Gasteiger partial charge is 0.300 e. The quantitative estimate of drug-likeness (QED) is 0.709. The Morgan fingerprint density at radius 3 is 2.64 bits per heavy atom. The summed E-state index contributed by atoms with van der Waals surface area (Å²) in [7, 11) is 0. The van der Waals surface area contributed by atoms with E-state index in [1.165, 1.54) is 18.7 Å². The van der Waals surface area contributed by atoms with Crippen molar-refractivity contribution < 1.29 is 4.79 Å². The summed E-state index contributed by atoms with van der Waals surface area (Å²) in [6.07, 6.45) is 0.316. The Hall–Kier alpha value is -1.27. The molecule has 0 radical (unpaired) electrons. The molecule has 1 rings (SSSR count). The molecule has 72 valence electrons. The Balaban J connectivity index is 2.58. The van der Waals surface area contributed by atoms with Crippen molar-refractivity contribution >= 4 is 17.5 Å². The Labute approximate surface area is 87.9 Å². The summed E-state index contributed by atoms with van der Waals surface area (Å²) >= 11 is 1.44. The van der Waals surface area contributed by atoms with Crippen molar-refractivity contribution in [2.24, 2.45) is 0 Å². The first-order valence-electron chi connectivity index (χ1n) is 4.33. The van der Waals surface area contributed by atoms with Gasteiger partial charge in [-0.15, -0.1) is 11.8 Å². The fraction of sp³-hybridized carbons (Fsp3) is 0.273. The highest BCUT2D eigenvalue weighted by Crippen LogP contribution is 2.24. The zero-order valence-corrected chi connectivity index (χ0v) is 8.75. The second-order valence-electron chi connectivity index (χ2n) is 2.95. The Morgan fingerprint density at radius 1 is 1.50 bits per heavy atom. The van der Waals surface area contributed by atoms with Crippen molar-refractivity contribution in [3.63, 3.8) is 0 Å². The van der Waals surface area contributed by atoms with Gasteiger partial charge in [0, 0.05) is 11.3 Å². The SMILES string of the molecule is CC(=O)CC(C#N)Sc1ccccc1. The van der Waals surface area contributed by atoms with Gasteiger partial charge in [0.2, 0.25) is 0 Å². The minimum Gasteiger partial charge on any atom is -0.300 e. The first-order valence-corrected chi connectivity index (χ1v) is 5.21. The minimum absolute atomic E-state index is 0.0555. The van der Waals surface area contributed by atoms with Crippen molar-refractivity contribution in [2.45, 2.75) is 23.5 Å². The van der Waals surface area contributed by atoms with Gasteiger partial charge in [-0.1, -0.05) is 18.2 Å². The first-order chi connectivity index (χ1) is 6.72. The van der Waals surface area contributed by atoms with E-state index in [1.54, 1.807) is 0 Å². The van der Waals surface area contributed by atoms with E-state index in [4.69, 9.17) is 5.26 Å². The fourth-order valence-electron chi connectivity index (χ4n) is 1.04. The van der Waals surface area contributed by atoms with Crippen LogP contribution in [-0.2, 0) is 4.79 Å². The van der Waals surface area contributed by atoms with Crippen LogP contribution < -0.4 is 0 Å². The van der Waals surface area contributed by atoms with Gasteiger partial charge < -0.3 is 0 Å². The Morgan fingerprint density at radius 2 is 2.14 bits per heavy atom. The van der Waals surface area contributed by atoms with E-state index < -0.39 is 0 Å². The Kier molecular flexibility index (Phi) is 4.21.